The number of allylic oxidation sites excluding steroid dienone is 1. The molecule has 0 spiro atoms. The molecule has 31 heavy (non-hydrogen) atoms. The molecular weight excluding hydrogens is 402 g/mol. The van der Waals surface area contributed by atoms with Gasteiger partial charge in [-0.15, -0.1) is 24.6 Å². The molecule has 0 radical (unpaired) electrons. The van der Waals surface area contributed by atoms with Crippen LogP contribution in [0, 0.1) is 12.8 Å². The van der Waals surface area contributed by atoms with Crippen molar-refractivity contribution in [1.82, 2.24) is 14.9 Å². The van der Waals surface area contributed by atoms with Crippen LogP contribution in [0.25, 0.3) is 6.08 Å². The predicted molar refractivity (Wildman–Crippen MR) is 133 cm³/mol. The van der Waals surface area contributed by atoms with Crippen LogP contribution < -0.4 is 0 Å². The largest absolute Gasteiger partial charge is 0.348 e. The maximum Gasteiger partial charge on any atom is 0.223 e. The minimum Gasteiger partial charge on any atom is -0.348 e. The standard InChI is InChI=1S/C24H31N3OS.C2H2/c1-4-14-29-15-8-11-22(28)27-13-12-21-23(26-17-25-21)24(27)18(3)16-20-10-7-6-9-19(20)5-2;1-2/h4,6-7,9-10,14,16-17,24H,5,8,11-13,15H2,1-3H3,(H,25,26);1-2H/b14-4-,18-16+;. The minimum absolute atomic E-state index is 0.0920. The first-order valence-corrected chi connectivity index (χ1v) is 11.8. The van der Waals surface area contributed by atoms with Gasteiger partial charge in [-0.05, 0) is 54.6 Å². The SMILES string of the molecule is C#C.C/C=C\SCCCC(=O)N1CCc2[nH]cnc2C1/C(C)=C/c1ccccc1CC. The van der Waals surface area contributed by atoms with Crippen molar-refractivity contribution in [3.63, 3.8) is 0 Å². The van der Waals surface area contributed by atoms with E-state index in [0.717, 1.165) is 48.5 Å². The summed E-state index contributed by atoms with van der Waals surface area (Å²) in [5.41, 5.74) is 5.86. The zero-order valence-electron chi connectivity index (χ0n) is 18.8. The summed E-state index contributed by atoms with van der Waals surface area (Å²) < 4.78 is 0. The lowest BCUT2D eigenvalue weighted by Crippen LogP contribution is -2.40. The molecule has 2 aromatic rings. The molecule has 1 N–H and O–H groups in total. The molecule has 1 amide bonds. The molecule has 1 atom stereocenters. The van der Waals surface area contributed by atoms with Crippen LogP contribution >= 0.6 is 11.8 Å². The summed E-state index contributed by atoms with van der Waals surface area (Å²) in [6.45, 7) is 7.06. The zero-order chi connectivity index (χ0) is 22.6. The highest BCUT2D eigenvalue weighted by Gasteiger charge is 2.33. The Hall–Kier alpha value is -2.71. The molecule has 0 fully saturated rings. The van der Waals surface area contributed by atoms with Gasteiger partial charge in [0.1, 0.15) is 0 Å². The molecule has 4 nitrogen and oxygen atoms in total. The van der Waals surface area contributed by atoms with E-state index in [1.165, 1.54) is 11.1 Å². The molecule has 1 aromatic heterocycles. The minimum atomic E-state index is -0.0920. The Bertz CT molecular complexity index is 925. The molecule has 5 heteroatoms. The smallest absolute Gasteiger partial charge is 0.223 e. The number of amides is 1. The number of hydrogen-bond donors (Lipinski definition) is 1. The van der Waals surface area contributed by atoms with Crippen LogP contribution in [0.1, 0.15) is 62.2 Å². The third-order valence-corrected chi connectivity index (χ3v) is 6.37. The van der Waals surface area contributed by atoms with Gasteiger partial charge in [-0.2, -0.15) is 0 Å². The Labute approximate surface area is 191 Å². The summed E-state index contributed by atoms with van der Waals surface area (Å²) in [4.78, 5) is 23.0. The number of carbonyl (C=O) groups excluding carboxylic acids is 1. The molecule has 0 aliphatic carbocycles. The number of carbonyl (C=O) groups is 1. The number of hydrogen-bond acceptors (Lipinski definition) is 3. The van der Waals surface area contributed by atoms with Crippen molar-refractivity contribution in [2.45, 2.75) is 52.5 Å². The van der Waals surface area contributed by atoms with Crippen molar-refractivity contribution >= 4 is 23.7 Å². The van der Waals surface area contributed by atoms with Gasteiger partial charge in [0, 0.05) is 25.1 Å². The average Bonchev–Trinajstić information content (AvgIpc) is 3.28. The lowest BCUT2D eigenvalue weighted by atomic mass is 9.93. The lowest BCUT2D eigenvalue weighted by Gasteiger charge is -2.36. The summed E-state index contributed by atoms with van der Waals surface area (Å²) in [6, 6.07) is 8.39. The van der Waals surface area contributed by atoms with Gasteiger partial charge in [0.15, 0.2) is 0 Å². The molecule has 1 aromatic carbocycles. The van der Waals surface area contributed by atoms with Gasteiger partial charge in [0.2, 0.25) is 5.91 Å². The fourth-order valence-corrected chi connectivity index (χ4v) is 4.58. The average molecular weight is 436 g/mol. The monoisotopic (exact) mass is 435 g/mol. The molecule has 0 saturated carbocycles. The molecule has 0 saturated heterocycles. The van der Waals surface area contributed by atoms with Crippen LogP contribution in [0.5, 0.6) is 0 Å². The second-order valence-corrected chi connectivity index (χ2v) is 8.40. The number of aryl methyl sites for hydroxylation is 1. The molecule has 1 aliphatic rings. The van der Waals surface area contributed by atoms with E-state index in [2.05, 4.69) is 72.4 Å². The van der Waals surface area contributed by atoms with Gasteiger partial charge >= 0.3 is 0 Å². The Balaban J connectivity index is 0.00000166. The highest BCUT2D eigenvalue weighted by molar-refractivity contribution is 8.02. The maximum absolute atomic E-state index is 13.1. The molecule has 3 rings (SSSR count). The van der Waals surface area contributed by atoms with Gasteiger partial charge in [-0.25, -0.2) is 4.98 Å². The number of imidazole rings is 1. The zero-order valence-corrected chi connectivity index (χ0v) is 19.6. The second kappa shape index (κ2) is 12.9. The van der Waals surface area contributed by atoms with Gasteiger partial charge in [-0.1, -0.05) is 43.3 Å². The maximum atomic E-state index is 13.1. The number of aromatic amines is 1. The van der Waals surface area contributed by atoms with Crippen LogP contribution in [0.2, 0.25) is 0 Å². The quantitative estimate of drug-likeness (QED) is 0.421. The Morgan fingerprint density at radius 1 is 1.35 bits per heavy atom. The number of thioether (sulfide) groups is 1. The number of rotatable bonds is 8. The van der Waals surface area contributed by atoms with Crippen molar-refractivity contribution in [3.8, 4) is 12.8 Å². The molecular formula is C26H33N3OS. The van der Waals surface area contributed by atoms with Crippen LogP contribution in [-0.4, -0.2) is 33.1 Å². The van der Waals surface area contributed by atoms with E-state index in [9.17, 15) is 4.79 Å². The summed E-state index contributed by atoms with van der Waals surface area (Å²) in [5.74, 6) is 1.20. The van der Waals surface area contributed by atoms with Crippen molar-refractivity contribution in [3.05, 3.63) is 70.2 Å². The van der Waals surface area contributed by atoms with Crippen molar-refractivity contribution in [2.24, 2.45) is 0 Å². The van der Waals surface area contributed by atoms with Crippen LogP contribution in [0.15, 0.2) is 47.6 Å². The number of H-pyrrole nitrogens is 1. The number of fused-ring (bicyclic) bond motifs is 1. The van der Waals surface area contributed by atoms with Crippen molar-refractivity contribution in [2.75, 3.05) is 12.3 Å². The summed E-state index contributed by atoms with van der Waals surface area (Å²) >= 11 is 1.76. The van der Waals surface area contributed by atoms with Crippen molar-refractivity contribution in [1.29, 1.82) is 0 Å². The van der Waals surface area contributed by atoms with E-state index in [-0.39, 0.29) is 11.9 Å². The highest BCUT2D eigenvalue weighted by Crippen LogP contribution is 2.35. The van der Waals surface area contributed by atoms with E-state index in [4.69, 9.17) is 0 Å². The van der Waals surface area contributed by atoms with Crippen molar-refractivity contribution < 1.29 is 4.79 Å². The highest BCUT2D eigenvalue weighted by atomic mass is 32.2. The third-order valence-electron chi connectivity index (χ3n) is 5.38. The van der Waals surface area contributed by atoms with Gasteiger partial charge in [-0.3, -0.25) is 4.79 Å². The van der Waals surface area contributed by atoms with E-state index in [1.807, 2.05) is 17.9 Å². The summed E-state index contributed by atoms with van der Waals surface area (Å²) in [5, 5.41) is 2.09. The Morgan fingerprint density at radius 3 is 2.87 bits per heavy atom. The van der Waals surface area contributed by atoms with E-state index >= 15 is 0 Å². The first-order chi connectivity index (χ1) is 15.2. The van der Waals surface area contributed by atoms with Crippen LogP contribution in [0.3, 0.4) is 0 Å². The first kappa shape index (κ1) is 24.6. The number of aromatic nitrogens is 2. The fourth-order valence-electron chi connectivity index (χ4n) is 3.94. The summed E-state index contributed by atoms with van der Waals surface area (Å²) in [6.07, 6.45) is 17.3. The van der Waals surface area contributed by atoms with E-state index in [1.54, 1.807) is 18.1 Å². The topological polar surface area (TPSA) is 49.0 Å². The first-order valence-electron chi connectivity index (χ1n) is 10.8. The molecule has 1 aliphatic heterocycles. The number of nitrogens with zero attached hydrogens (tertiary/aromatic N) is 2. The molecule has 164 valence electrons. The Kier molecular flexibility index (Phi) is 10.2. The third kappa shape index (κ3) is 6.38. The number of benzene rings is 1. The molecule has 2 heterocycles. The lowest BCUT2D eigenvalue weighted by molar-refractivity contribution is -0.133. The number of nitrogens with one attached hydrogen (secondary N) is 1. The fraction of sp³-hybridized carbons (Fsp3) is 0.385. The van der Waals surface area contributed by atoms with E-state index < -0.39 is 0 Å². The predicted octanol–water partition coefficient (Wildman–Crippen LogP) is 5.80. The van der Waals surface area contributed by atoms with E-state index in [0.29, 0.717) is 6.42 Å². The number of terminal acetylenes is 1. The van der Waals surface area contributed by atoms with Gasteiger partial charge in [0.25, 0.3) is 0 Å². The second-order valence-electron chi connectivity index (χ2n) is 7.39. The Morgan fingerprint density at radius 2 is 2.13 bits per heavy atom. The van der Waals surface area contributed by atoms with Crippen LogP contribution in [-0.2, 0) is 17.6 Å². The summed E-state index contributed by atoms with van der Waals surface area (Å²) in [7, 11) is 0. The normalized spacial score (nSPS) is 16.0. The molecule has 1 unspecified atom stereocenters. The van der Waals surface area contributed by atoms with Gasteiger partial charge < -0.3 is 9.88 Å². The molecule has 0 bridgehead atoms. The van der Waals surface area contributed by atoms with Crippen LogP contribution in [0.4, 0.5) is 0 Å². The van der Waals surface area contributed by atoms with Gasteiger partial charge in [0.05, 0.1) is 18.1 Å².